The first kappa shape index (κ1) is 14.1. The van der Waals surface area contributed by atoms with Gasteiger partial charge in [-0.25, -0.2) is 9.67 Å². The summed E-state index contributed by atoms with van der Waals surface area (Å²) in [6, 6.07) is 0. The molecule has 1 N–H and O–H groups in total. The highest BCUT2D eigenvalue weighted by atomic mass is 16.5. The SMILES string of the molecule is CCCNCc1ncnn1CCOCC(C)C. The van der Waals surface area contributed by atoms with Crippen LogP contribution >= 0.6 is 0 Å². The summed E-state index contributed by atoms with van der Waals surface area (Å²) >= 11 is 0. The molecule has 0 radical (unpaired) electrons. The van der Waals surface area contributed by atoms with E-state index in [4.69, 9.17) is 4.74 Å². The van der Waals surface area contributed by atoms with Crippen LogP contribution in [0.25, 0.3) is 0 Å². The van der Waals surface area contributed by atoms with Gasteiger partial charge in [0, 0.05) is 6.61 Å². The summed E-state index contributed by atoms with van der Waals surface area (Å²) in [5.41, 5.74) is 0. The highest BCUT2D eigenvalue weighted by Crippen LogP contribution is 1.96. The second kappa shape index (κ2) is 8.20. The van der Waals surface area contributed by atoms with Crippen molar-refractivity contribution in [1.29, 1.82) is 0 Å². The van der Waals surface area contributed by atoms with Crippen molar-refractivity contribution in [2.24, 2.45) is 5.92 Å². The molecule has 0 saturated carbocycles. The highest BCUT2D eigenvalue weighted by Gasteiger charge is 2.03. The zero-order chi connectivity index (χ0) is 12.5. The van der Waals surface area contributed by atoms with Crippen LogP contribution in [-0.2, 0) is 17.8 Å². The van der Waals surface area contributed by atoms with Gasteiger partial charge in [0.2, 0.25) is 0 Å². The Hall–Kier alpha value is -0.940. The molecular formula is C12H24N4O. The van der Waals surface area contributed by atoms with Crippen molar-refractivity contribution in [1.82, 2.24) is 20.1 Å². The van der Waals surface area contributed by atoms with Gasteiger partial charge in [-0.15, -0.1) is 0 Å². The maximum Gasteiger partial charge on any atom is 0.140 e. The number of nitrogens with one attached hydrogen (secondary N) is 1. The van der Waals surface area contributed by atoms with Crippen molar-refractivity contribution < 1.29 is 4.74 Å². The summed E-state index contributed by atoms with van der Waals surface area (Å²) in [7, 11) is 0. The molecule has 1 aromatic rings. The molecule has 0 atom stereocenters. The molecule has 0 bridgehead atoms. The fourth-order valence-electron chi connectivity index (χ4n) is 1.46. The van der Waals surface area contributed by atoms with E-state index in [1.54, 1.807) is 6.33 Å². The van der Waals surface area contributed by atoms with E-state index in [2.05, 4.69) is 36.2 Å². The molecule has 1 rings (SSSR count). The molecule has 1 aromatic heterocycles. The third-order valence-electron chi connectivity index (χ3n) is 2.30. The summed E-state index contributed by atoms with van der Waals surface area (Å²) < 4.78 is 7.45. The van der Waals surface area contributed by atoms with E-state index in [0.29, 0.717) is 12.5 Å². The van der Waals surface area contributed by atoms with Gasteiger partial charge in [-0.3, -0.25) is 0 Å². The Balaban J connectivity index is 2.25. The van der Waals surface area contributed by atoms with Crippen molar-refractivity contribution in [3.63, 3.8) is 0 Å². The van der Waals surface area contributed by atoms with Gasteiger partial charge in [0.05, 0.1) is 19.7 Å². The van der Waals surface area contributed by atoms with E-state index in [1.165, 1.54) is 0 Å². The van der Waals surface area contributed by atoms with Gasteiger partial charge >= 0.3 is 0 Å². The predicted molar refractivity (Wildman–Crippen MR) is 67.7 cm³/mol. The van der Waals surface area contributed by atoms with Crippen LogP contribution in [0.4, 0.5) is 0 Å². The van der Waals surface area contributed by atoms with Crippen molar-refractivity contribution >= 4 is 0 Å². The molecule has 0 unspecified atom stereocenters. The number of ether oxygens (including phenoxy) is 1. The maximum absolute atomic E-state index is 5.54. The van der Waals surface area contributed by atoms with Gasteiger partial charge in [-0.2, -0.15) is 5.10 Å². The predicted octanol–water partition coefficient (Wildman–Crippen LogP) is 1.45. The topological polar surface area (TPSA) is 52.0 Å². The lowest BCUT2D eigenvalue weighted by molar-refractivity contribution is 0.100. The molecule has 0 aliphatic carbocycles. The van der Waals surface area contributed by atoms with Gasteiger partial charge in [-0.05, 0) is 18.9 Å². The summed E-state index contributed by atoms with van der Waals surface area (Å²) in [6.45, 7) is 10.5. The van der Waals surface area contributed by atoms with Crippen LogP contribution in [0.3, 0.4) is 0 Å². The molecule has 0 amide bonds. The Morgan fingerprint density at radius 3 is 3.00 bits per heavy atom. The Labute approximate surface area is 104 Å². The minimum absolute atomic E-state index is 0.580. The lowest BCUT2D eigenvalue weighted by atomic mass is 10.2. The average Bonchev–Trinajstić information content (AvgIpc) is 2.72. The van der Waals surface area contributed by atoms with E-state index in [1.807, 2.05) is 4.68 Å². The van der Waals surface area contributed by atoms with Gasteiger partial charge in [0.25, 0.3) is 0 Å². The maximum atomic E-state index is 5.54. The lowest BCUT2D eigenvalue weighted by Gasteiger charge is -2.09. The minimum Gasteiger partial charge on any atom is -0.379 e. The lowest BCUT2D eigenvalue weighted by Crippen LogP contribution is -2.19. The molecular weight excluding hydrogens is 216 g/mol. The third kappa shape index (κ3) is 5.79. The van der Waals surface area contributed by atoms with Gasteiger partial charge < -0.3 is 10.1 Å². The second-order valence-corrected chi connectivity index (χ2v) is 4.54. The van der Waals surface area contributed by atoms with Crippen LogP contribution in [0.1, 0.15) is 33.0 Å². The smallest absolute Gasteiger partial charge is 0.140 e. The molecule has 1 heterocycles. The first-order chi connectivity index (χ1) is 8.24. The van der Waals surface area contributed by atoms with E-state index in [-0.39, 0.29) is 0 Å². The molecule has 17 heavy (non-hydrogen) atoms. The first-order valence-electron chi connectivity index (χ1n) is 6.39. The van der Waals surface area contributed by atoms with Gasteiger partial charge in [0.1, 0.15) is 12.2 Å². The van der Waals surface area contributed by atoms with E-state index < -0.39 is 0 Å². The molecule has 0 saturated heterocycles. The zero-order valence-corrected chi connectivity index (χ0v) is 11.1. The molecule has 0 fully saturated rings. The summed E-state index contributed by atoms with van der Waals surface area (Å²) in [4.78, 5) is 4.24. The van der Waals surface area contributed by atoms with Crippen LogP contribution in [-0.4, -0.2) is 34.5 Å². The van der Waals surface area contributed by atoms with E-state index in [9.17, 15) is 0 Å². The number of nitrogens with zero attached hydrogens (tertiary/aromatic N) is 3. The van der Waals surface area contributed by atoms with E-state index in [0.717, 1.165) is 38.5 Å². The third-order valence-corrected chi connectivity index (χ3v) is 2.30. The Bertz CT molecular complexity index is 298. The van der Waals surface area contributed by atoms with E-state index >= 15 is 0 Å². The summed E-state index contributed by atoms with van der Waals surface area (Å²) in [5, 5.41) is 7.52. The molecule has 0 spiro atoms. The van der Waals surface area contributed by atoms with Crippen molar-refractivity contribution in [2.45, 2.75) is 40.3 Å². The number of hydrogen-bond acceptors (Lipinski definition) is 4. The molecule has 98 valence electrons. The van der Waals surface area contributed by atoms with Crippen molar-refractivity contribution in [3.05, 3.63) is 12.2 Å². The fraction of sp³-hybridized carbons (Fsp3) is 0.833. The number of hydrogen-bond donors (Lipinski definition) is 1. The molecule has 0 aliphatic heterocycles. The van der Waals surface area contributed by atoms with Crippen LogP contribution in [0.5, 0.6) is 0 Å². The highest BCUT2D eigenvalue weighted by molar-refractivity contribution is 4.83. The van der Waals surface area contributed by atoms with Crippen LogP contribution < -0.4 is 5.32 Å². The van der Waals surface area contributed by atoms with Crippen molar-refractivity contribution in [2.75, 3.05) is 19.8 Å². The monoisotopic (exact) mass is 240 g/mol. The molecule has 0 aliphatic rings. The Morgan fingerprint density at radius 1 is 1.47 bits per heavy atom. The van der Waals surface area contributed by atoms with Crippen molar-refractivity contribution in [3.8, 4) is 0 Å². The largest absolute Gasteiger partial charge is 0.379 e. The quantitative estimate of drug-likeness (QED) is 0.664. The number of rotatable bonds is 9. The summed E-state index contributed by atoms with van der Waals surface area (Å²) in [5.74, 6) is 1.56. The average molecular weight is 240 g/mol. The van der Waals surface area contributed by atoms with Crippen LogP contribution in [0.2, 0.25) is 0 Å². The Kier molecular flexibility index (Phi) is 6.81. The van der Waals surface area contributed by atoms with Gasteiger partial charge in [0.15, 0.2) is 0 Å². The molecule has 0 aromatic carbocycles. The Morgan fingerprint density at radius 2 is 2.29 bits per heavy atom. The van der Waals surface area contributed by atoms with Gasteiger partial charge in [-0.1, -0.05) is 20.8 Å². The van der Waals surface area contributed by atoms with Crippen LogP contribution in [0, 0.1) is 5.92 Å². The molecule has 5 nitrogen and oxygen atoms in total. The first-order valence-corrected chi connectivity index (χ1v) is 6.39. The fourth-order valence-corrected chi connectivity index (χ4v) is 1.46. The zero-order valence-electron chi connectivity index (χ0n) is 11.1. The molecule has 5 heteroatoms. The second-order valence-electron chi connectivity index (χ2n) is 4.54. The summed E-state index contributed by atoms with van der Waals surface area (Å²) in [6.07, 6.45) is 2.73. The standard InChI is InChI=1S/C12H24N4O/c1-4-5-13-8-12-14-10-15-16(12)6-7-17-9-11(2)3/h10-11,13H,4-9H2,1-3H3. The normalized spacial score (nSPS) is 11.3. The van der Waals surface area contributed by atoms with Crippen LogP contribution in [0.15, 0.2) is 6.33 Å². The number of aromatic nitrogens is 3. The minimum atomic E-state index is 0.580.